The van der Waals surface area contributed by atoms with Gasteiger partial charge in [-0.05, 0) is 36.4 Å². The Morgan fingerprint density at radius 1 is 1.12 bits per heavy atom. The molecule has 1 aromatic carbocycles. The Hall–Kier alpha value is -2.57. The van der Waals surface area contributed by atoms with Crippen molar-refractivity contribution in [1.29, 1.82) is 0 Å². The van der Waals surface area contributed by atoms with Crippen LogP contribution in [-0.4, -0.2) is 28.5 Å². The molecule has 0 aliphatic heterocycles. The van der Waals surface area contributed by atoms with Gasteiger partial charge in [0.1, 0.15) is 11.3 Å². The predicted molar refractivity (Wildman–Crippen MR) is 105 cm³/mol. The molecule has 0 spiro atoms. The van der Waals surface area contributed by atoms with E-state index < -0.39 is 0 Å². The van der Waals surface area contributed by atoms with Crippen LogP contribution in [0.4, 0.5) is 16.5 Å². The van der Waals surface area contributed by atoms with E-state index in [0.29, 0.717) is 5.02 Å². The summed E-state index contributed by atoms with van der Waals surface area (Å²) in [6, 6.07) is 12.0. The summed E-state index contributed by atoms with van der Waals surface area (Å²) >= 11 is 7.66. The van der Waals surface area contributed by atoms with E-state index in [4.69, 9.17) is 11.6 Å². The monoisotopic (exact) mass is 369 g/mol. The lowest BCUT2D eigenvalue weighted by molar-refractivity contribution is 1.13. The lowest BCUT2D eigenvalue weighted by Gasteiger charge is -2.12. The number of pyridine rings is 1. The number of fused-ring (bicyclic) bond motifs is 1. The quantitative estimate of drug-likeness (QED) is 0.554. The van der Waals surface area contributed by atoms with Gasteiger partial charge < -0.3 is 10.2 Å². The van der Waals surface area contributed by atoms with Crippen LogP contribution >= 0.6 is 22.9 Å². The van der Waals surface area contributed by atoms with Gasteiger partial charge in [0.15, 0.2) is 5.13 Å². The number of rotatable bonds is 4. The maximum Gasteiger partial charge on any atom is 0.187 e. The minimum atomic E-state index is 0.668. The number of imidazole rings is 1. The standard InChI is InChI=1S/C18H16ClN5S/c1-23(2)14-6-4-13(5-7-14)21-18-22-15(11-25-18)16-9-20-17-8-3-12(19)10-24(16)17/h3-11H,1-2H3,(H,21,22). The van der Waals surface area contributed by atoms with Crippen molar-refractivity contribution in [3.63, 3.8) is 0 Å². The van der Waals surface area contributed by atoms with Gasteiger partial charge in [0.2, 0.25) is 0 Å². The number of benzene rings is 1. The molecule has 7 heteroatoms. The van der Waals surface area contributed by atoms with Crippen molar-refractivity contribution < 1.29 is 0 Å². The van der Waals surface area contributed by atoms with Crippen molar-refractivity contribution in [2.24, 2.45) is 0 Å². The van der Waals surface area contributed by atoms with Gasteiger partial charge in [-0.3, -0.25) is 4.40 Å². The fraction of sp³-hybridized carbons (Fsp3) is 0.111. The Morgan fingerprint density at radius 2 is 1.92 bits per heavy atom. The minimum absolute atomic E-state index is 0.668. The molecule has 0 saturated carbocycles. The number of hydrogen-bond acceptors (Lipinski definition) is 5. The summed E-state index contributed by atoms with van der Waals surface area (Å²) < 4.78 is 1.95. The molecule has 3 heterocycles. The summed E-state index contributed by atoms with van der Waals surface area (Å²) in [6.07, 6.45) is 3.67. The zero-order chi connectivity index (χ0) is 17.4. The first-order valence-electron chi connectivity index (χ1n) is 7.73. The molecule has 4 aromatic rings. The average molecular weight is 370 g/mol. The molecule has 5 nitrogen and oxygen atoms in total. The van der Waals surface area contributed by atoms with Crippen LogP contribution < -0.4 is 10.2 Å². The highest BCUT2D eigenvalue weighted by Crippen LogP contribution is 2.28. The second kappa shape index (κ2) is 6.38. The summed E-state index contributed by atoms with van der Waals surface area (Å²) in [7, 11) is 4.05. The summed E-state index contributed by atoms with van der Waals surface area (Å²) in [5, 5.41) is 6.87. The van der Waals surface area contributed by atoms with Gasteiger partial charge in [-0.2, -0.15) is 0 Å². The van der Waals surface area contributed by atoms with Gasteiger partial charge in [0.05, 0.1) is 16.9 Å². The zero-order valence-electron chi connectivity index (χ0n) is 13.8. The first kappa shape index (κ1) is 15.9. The van der Waals surface area contributed by atoms with Gasteiger partial charge >= 0.3 is 0 Å². The van der Waals surface area contributed by atoms with Crippen LogP contribution in [0.3, 0.4) is 0 Å². The third kappa shape index (κ3) is 3.18. The number of halogens is 1. The molecule has 0 aliphatic rings. The molecule has 0 aliphatic carbocycles. The SMILES string of the molecule is CN(C)c1ccc(Nc2nc(-c3cnc4ccc(Cl)cn34)cs2)cc1. The van der Waals surface area contributed by atoms with Crippen LogP contribution in [0, 0.1) is 0 Å². The van der Waals surface area contributed by atoms with Crippen LogP contribution in [0.1, 0.15) is 0 Å². The molecule has 0 radical (unpaired) electrons. The molecular weight excluding hydrogens is 354 g/mol. The number of nitrogens with one attached hydrogen (secondary N) is 1. The Balaban J connectivity index is 1.60. The molecular formula is C18H16ClN5S. The van der Waals surface area contributed by atoms with E-state index in [0.717, 1.165) is 33.5 Å². The number of nitrogens with zero attached hydrogens (tertiary/aromatic N) is 4. The topological polar surface area (TPSA) is 45.5 Å². The van der Waals surface area contributed by atoms with Crippen LogP contribution in [0.2, 0.25) is 5.02 Å². The Bertz CT molecular complexity index is 1020. The molecule has 25 heavy (non-hydrogen) atoms. The smallest absolute Gasteiger partial charge is 0.187 e. The molecule has 1 N–H and O–H groups in total. The third-order valence-electron chi connectivity index (χ3n) is 3.87. The van der Waals surface area contributed by atoms with Gasteiger partial charge in [0, 0.05) is 37.0 Å². The Morgan fingerprint density at radius 3 is 2.68 bits per heavy atom. The van der Waals surface area contributed by atoms with E-state index in [9.17, 15) is 0 Å². The Kier molecular flexibility index (Phi) is 4.07. The highest BCUT2D eigenvalue weighted by molar-refractivity contribution is 7.14. The molecule has 0 unspecified atom stereocenters. The van der Waals surface area contributed by atoms with Crippen LogP contribution in [0.25, 0.3) is 17.0 Å². The van der Waals surface area contributed by atoms with E-state index in [1.165, 1.54) is 0 Å². The second-order valence-electron chi connectivity index (χ2n) is 5.82. The third-order valence-corrected chi connectivity index (χ3v) is 4.85. The van der Waals surface area contributed by atoms with Gasteiger partial charge in [-0.15, -0.1) is 11.3 Å². The first-order valence-corrected chi connectivity index (χ1v) is 8.99. The molecule has 0 bridgehead atoms. The summed E-state index contributed by atoms with van der Waals surface area (Å²) in [4.78, 5) is 11.1. The minimum Gasteiger partial charge on any atom is -0.378 e. The van der Waals surface area contributed by atoms with Crippen molar-refractivity contribution in [3.05, 3.63) is 59.2 Å². The maximum absolute atomic E-state index is 6.10. The normalized spacial score (nSPS) is 11.0. The first-order chi connectivity index (χ1) is 12.1. The van der Waals surface area contributed by atoms with Gasteiger partial charge in [0.25, 0.3) is 0 Å². The van der Waals surface area contributed by atoms with Crippen molar-refractivity contribution >= 4 is 45.1 Å². The van der Waals surface area contributed by atoms with Crippen LogP contribution in [-0.2, 0) is 0 Å². The number of aromatic nitrogens is 3. The van der Waals surface area contributed by atoms with Crippen molar-refractivity contribution in [3.8, 4) is 11.4 Å². The van der Waals surface area contributed by atoms with E-state index in [1.54, 1.807) is 11.3 Å². The maximum atomic E-state index is 6.10. The fourth-order valence-electron chi connectivity index (χ4n) is 2.56. The molecule has 0 amide bonds. The molecule has 0 fully saturated rings. The van der Waals surface area contributed by atoms with E-state index >= 15 is 0 Å². The van der Waals surface area contributed by atoms with E-state index in [-0.39, 0.29) is 0 Å². The Labute approximate surface area is 154 Å². The molecule has 0 saturated heterocycles. The number of anilines is 3. The van der Waals surface area contributed by atoms with Crippen LogP contribution in [0.5, 0.6) is 0 Å². The molecule has 3 aromatic heterocycles. The van der Waals surface area contributed by atoms with Gasteiger partial charge in [-0.25, -0.2) is 9.97 Å². The largest absolute Gasteiger partial charge is 0.378 e. The molecule has 0 atom stereocenters. The highest BCUT2D eigenvalue weighted by Gasteiger charge is 2.10. The molecule has 126 valence electrons. The van der Waals surface area contributed by atoms with Gasteiger partial charge in [-0.1, -0.05) is 11.6 Å². The lowest BCUT2D eigenvalue weighted by Crippen LogP contribution is -2.08. The van der Waals surface area contributed by atoms with E-state index in [2.05, 4.69) is 32.3 Å². The van der Waals surface area contributed by atoms with Crippen molar-refractivity contribution in [2.45, 2.75) is 0 Å². The predicted octanol–water partition coefficient (Wildman–Crippen LogP) is 4.92. The highest BCUT2D eigenvalue weighted by atomic mass is 35.5. The van der Waals surface area contributed by atoms with Crippen LogP contribution in [0.15, 0.2) is 54.2 Å². The summed E-state index contributed by atoms with van der Waals surface area (Å²) in [6.45, 7) is 0. The average Bonchev–Trinajstić information content (AvgIpc) is 3.21. The van der Waals surface area contributed by atoms with Crippen molar-refractivity contribution in [1.82, 2.24) is 14.4 Å². The fourth-order valence-corrected chi connectivity index (χ4v) is 3.44. The summed E-state index contributed by atoms with van der Waals surface area (Å²) in [5.41, 5.74) is 4.80. The summed E-state index contributed by atoms with van der Waals surface area (Å²) in [5.74, 6) is 0. The van der Waals surface area contributed by atoms with E-state index in [1.807, 2.05) is 60.5 Å². The van der Waals surface area contributed by atoms with Crippen molar-refractivity contribution in [2.75, 3.05) is 24.3 Å². The lowest BCUT2D eigenvalue weighted by atomic mass is 10.2. The molecule has 4 rings (SSSR count). The zero-order valence-corrected chi connectivity index (χ0v) is 15.3. The second-order valence-corrected chi connectivity index (χ2v) is 7.12. The number of hydrogen-bond donors (Lipinski definition) is 1. The number of thiazole rings is 1.